The van der Waals surface area contributed by atoms with Gasteiger partial charge in [-0.3, -0.25) is 38.9 Å². The van der Waals surface area contributed by atoms with Gasteiger partial charge in [0, 0.05) is 54.5 Å². The quantitative estimate of drug-likeness (QED) is 0.0365. The molecule has 0 bridgehead atoms. The summed E-state index contributed by atoms with van der Waals surface area (Å²) in [5.74, 6) is -7.44. The van der Waals surface area contributed by atoms with E-state index in [4.69, 9.17) is 5.73 Å². The number of hydrogen-bond acceptors (Lipinski definition) is 11. The maximum Gasteiger partial charge on any atom is 0.336 e. The molecular formula is C49H69N5O12. The number of carbonyl (C=O) groups is 8. The van der Waals surface area contributed by atoms with E-state index in [-0.39, 0.29) is 54.7 Å². The third-order valence-electron chi connectivity index (χ3n) is 14.5. The van der Waals surface area contributed by atoms with Crippen LogP contribution in [-0.2, 0) is 33.5 Å². The molecule has 4 amide bonds. The van der Waals surface area contributed by atoms with Gasteiger partial charge in [0.05, 0.1) is 23.6 Å². The van der Waals surface area contributed by atoms with Gasteiger partial charge in [0.15, 0.2) is 11.6 Å². The molecule has 17 heteroatoms. The van der Waals surface area contributed by atoms with Crippen molar-refractivity contribution in [3.05, 3.63) is 51.6 Å². The lowest BCUT2D eigenvalue weighted by atomic mass is 9.76. The fraction of sp³-hybridized carbons (Fsp3) is 0.673. The summed E-state index contributed by atoms with van der Waals surface area (Å²) in [4.78, 5) is 122. The highest BCUT2D eigenvalue weighted by atomic mass is 16.6. The average Bonchev–Trinajstić information content (AvgIpc) is 3.69. The van der Waals surface area contributed by atoms with Gasteiger partial charge in [0.2, 0.25) is 23.6 Å². The molecule has 1 aliphatic heterocycles. The highest BCUT2D eigenvalue weighted by molar-refractivity contribution is 6.07. The number of ketones is 2. The Labute approximate surface area is 386 Å². The maximum absolute atomic E-state index is 15.2. The molecule has 0 radical (unpaired) electrons. The van der Waals surface area contributed by atoms with Crippen LogP contribution in [0.1, 0.15) is 163 Å². The van der Waals surface area contributed by atoms with Crippen LogP contribution in [0.25, 0.3) is 0 Å². The number of allylic oxidation sites excluding steroid dienone is 1. The second kappa shape index (κ2) is 23.3. The number of fused-ring (bicyclic) bond motifs is 1. The highest BCUT2D eigenvalue weighted by Crippen LogP contribution is 2.43. The summed E-state index contributed by atoms with van der Waals surface area (Å²) < 4.78 is 4.66. The molecule has 362 valence electrons. The van der Waals surface area contributed by atoms with Gasteiger partial charge in [0.1, 0.15) is 12.1 Å². The molecule has 0 spiro atoms. The Morgan fingerprint density at radius 1 is 0.864 bits per heavy atom. The molecule has 1 aromatic rings. The van der Waals surface area contributed by atoms with Gasteiger partial charge >= 0.3 is 11.9 Å². The minimum Gasteiger partial charge on any atom is -0.478 e. The van der Waals surface area contributed by atoms with Crippen LogP contribution in [0.2, 0.25) is 0 Å². The van der Waals surface area contributed by atoms with Gasteiger partial charge in [-0.2, -0.15) is 0 Å². The number of ether oxygens (including phenoxy) is 1. The number of nitrogens with zero attached hydrogens (tertiary/aromatic N) is 2. The minimum absolute atomic E-state index is 0.0193. The topological polar surface area (TPSA) is 262 Å². The van der Waals surface area contributed by atoms with Crippen LogP contribution in [0.4, 0.5) is 5.69 Å². The summed E-state index contributed by atoms with van der Waals surface area (Å²) in [6.45, 7) is 5.31. The third-order valence-corrected chi connectivity index (χ3v) is 14.5. The molecule has 7 atom stereocenters. The van der Waals surface area contributed by atoms with Crippen LogP contribution in [-0.4, -0.2) is 93.3 Å². The van der Waals surface area contributed by atoms with E-state index in [1.54, 1.807) is 25.7 Å². The number of nitro benzene ring substituents is 1. The van der Waals surface area contributed by atoms with Crippen molar-refractivity contribution < 1.29 is 53.1 Å². The molecule has 3 aliphatic carbocycles. The van der Waals surface area contributed by atoms with E-state index >= 15 is 4.79 Å². The Bertz CT molecular complexity index is 2020. The Balaban J connectivity index is 1.44. The Morgan fingerprint density at radius 2 is 1.48 bits per heavy atom. The lowest BCUT2D eigenvalue weighted by Crippen LogP contribution is -2.59. The van der Waals surface area contributed by atoms with E-state index in [9.17, 15) is 48.8 Å². The summed E-state index contributed by atoms with van der Waals surface area (Å²) in [6, 6.07) is -0.422. The number of hydrogen-bond donors (Lipinski definition) is 4. The van der Waals surface area contributed by atoms with Crippen molar-refractivity contribution in [2.24, 2.45) is 40.7 Å². The molecule has 1 saturated heterocycles. The lowest BCUT2D eigenvalue weighted by molar-refractivity contribution is -0.384. The van der Waals surface area contributed by atoms with Crippen LogP contribution in [0, 0.1) is 45.1 Å². The average molecular weight is 920 g/mol. The summed E-state index contributed by atoms with van der Waals surface area (Å²) in [5, 5.41) is 27.3. The first kappa shape index (κ1) is 51.5. The number of carbonyl (C=O) groups excluding carboxylic acids is 7. The van der Waals surface area contributed by atoms with E-state index in [0.29, 0.717) is 12.8 Å². The zero-order valence-electron chi connectivity index (χ0n) is 38.9. The molecule has 4 fully saturated rings. The van der Waals surface area contributed by atoms with Crippen LogP contribution >= 0.6 is 0 Å². The number of nitro groups is 1. The highest BCUT2D eigenvalue weighted by Gasteiger charge is 2.51. The van der Waals surface area contributed by atoms with E-state index < -0.39 is 99.0 Å². The Hall–Kier alpha value is -5.48. The van der Waals surface area contributed by atoms with Crippen molar-refractivity contribution in [2.45, 2.75) is 167 Å². The molecule has 3 saturated carbocycles. The normalized spacial score (nSPS) is 22.3. The number of nitrogens with two attached hydrogens (primary N) is 1. The van der Waals surface area contributed by atoms with Gasteiger partial charge in [-0.25, -0.2) is 9.59 Å². The molecule has 1 aromatic carbocycles. The van der Waals surface area contributed by atoms with Gasteiger partial charge in [-0.1, -0.05) is 78.2 Å². The molecule has 0 aromatic heterocycles. The first-order valence-electron chi connectivity index (χ1n) is 23.9. The van der Waals surface area contributed by atoms with Gasteiger partial charge in [-0.05, 0) is 87.0 Å². The lowest BCUT2D eigenvalue weighted by Gasteiger charge is -2.40. The number of benzene rings is 1. The number of aromatic carboxylic acids is 1. The molecule has 3 unspecified atom stereocenters. The summed E-state index contributed by atoms with van der Waals surface area (Å²) in [7, 11) is 1.20. The number of Topliss-reactive ketones (excluding diaryl/α,β-unsaturated/α-hetero) is 2. The zero-order chi connectivity index (χ0) is 48.3. The summed E-state index contributed by atoms with van der Waals surface area (Å²) in [6.07, 6.45) is 14.5. The monoisotopic (exact) mass is 919 g/mol. The third kappa shape index (κ3) is 13.1. The number of primary amides is 1. The van der Waals surface area contributed by atoms with Crippen LogP contribution < -0.4 is 16.4 Å². The van der Waals surface area contributed by atoms with Gasteiger partial charge in [0.25, 0.3) is 5.69 Å². The van der Waals surface area contributed by atoms with Crippen molar-refractivity contribution in [3.63, 3.8) is 0 Å². The van der Waals surface area contributed by atoms with Crippen molar-refractivity contribution in [3.8, 4) is 0 Å². The largest absolute Gasteiger partial charge is 0.478 e. The molecule has 17 nitrogen and oxygen atoms in total. The van der Waals surface area contributed by atoms with Crippen molar-refractivity contribution >= 4 is 52.8 Å². The zero-order valence-corrected chi connectivity index (χ0v) is 38.9. The first-order valence-corrected chi connectivity index (χ1v) is 23.9. The van der Waals surface area contributed by atoms with Gasteiger partial charge < -0.3 is 31.1 Å². The standard InChI is InChI=1S/C49H69N5O12/c1-49(2,3)43(52-45(59)32(20-12-14-22-41(57)66-4)26-39(55)36-27-33(54(64)65)23-24-34(36)48(62)63)47(61)53-37-21-13-11-19-31(37)25-38(53)40(56)28-35(29-15-7-5-8-16-29)46(60)51-42(44(50)58)30-17-9-6-10-18-30/h14,22-24,27,29-32,35,37-38,42-43H,5-13,15-21,25-26,28H2,1-4H3,(H2,50,58)(H,51,60)(H,52,59)(H,62,63)/b22-14+/t31?,32-,35?,37?,38+,42+,43-/m1/s1. The Kier molecular flexibility index (Phi) is 18.2. The van der Waals surface area contributed by atoms with Crippen molar-refractivity contribution in [1.29, 1.82) is 0 Å². The molecule has 4 aliphatic rings. The van der Waals surface area contributed by atoms with Crippen molar-refractivity contribution in [2.75, 3.05) is 7.11 Å². The van der Waals surface area contributed by atoms with E-state index in [1.165, 1.54) is 13.2 Å². The number of carboxylic acid groups (broad SMARTS) is 1. The second-order valence-corrected chi connectivity index (χ2v) is 20.0. The summed E-state index contributed by atoms with van der Waals surface area (Å²) in [5.41, 5.74) is 3.50. The Morgan fingerprint density at radius 3 is 2.08 bits per heavy atom. The van der Waals surface area contributed by atoms with Crippen LogP contribution in [0.5, 0.6) is 0 Å². The predicted molar refractivity (Wildman–Crippen MR) is 243 cm³/mol. The minimum atomic E-state index is -1.50. The molecule has 5 N–H and O–H groups in total. The van der Waals surface area contributed by atoms with E-state index in [2.05, 4.69) is 15.4 Å². The second-order valence-electron chi connectivity index (χ2n) is 20.0. The number of nitrogens with one attached hydrogen (secondary N) is 2. The van der Waals surface area contributed by atoms with E-state index in [0.717, 1.165) is 108 Å². The summed E-state index contributed by atoms with van der Waals surface area (Å²) >= 11 is 0. The number of methoxy groups -OCH3 is 1. The smallest absolute Gasteiger partial charge is 0.336 e. The predicted octanol–water partition coefficient (Wildman–Crippen LogP) is 6.39. The van der Waals surface area contributed by atoms with Crippen molar-refractivity contribution in [1.82, 2.24) is 15.5 Å². The molecular weight excluding hydrogens is 851 g/mol. The fourth-order valence-electron chi connectivity index (χ4n) is 10.9. The number of amides is 4. The van der Waals surface area contributed by atoms with Crippen LogP contribution in [0.3, 0.4) is 0 Å². The number of rotatable bonds is 20. The number of esters is 1. The SMILES string of the molecule is COC(=O)/C=C/CC[C@H](CC(=O)c1cc([N+](=O)[O-])ccc1C(=O)O)C(=O)N[C@H](C(=O)N1C2CCCCC2C[C@H]1C(=O)CC(C(=O)N[C@H](C(N)=O)C1CCCCC1)C1CCCCC1)C(C)(C)C. The van der Waals surface area contributed by atoms with E-state index in [1.807, 2.05) is 0 Å². The van der Waals surface area contributed by atoms with Crippen LogP contribution in [0.15, 0.2) is 30.4 Å². The molecule has 1 heterocycles. The number of carboxylic acids is 1. The number of non-ortho nitro benzene ring substituents is 1. The molecule has 66 heavy (non-hydrogen) atoms. The first-order chi connectivity index (χ1) is 31.3. The number of likely N-dealkylation sites (tertiary alicyclic amines) is 1. The fourth-order valence-corrected chi connectivity index (χ4v) is 10.9. The van der Waals surface area contributed by atoms with Gasteiger partial charge in [-0.15, -0.1) is 0 Å². The molecule has 5 rings (SSSR count). The maximum atomic E-state index is 15.2.